The summed E-state index contributed by atoms with van der Waals surface area (Å²) in [4.78, 5) is 50.3. The molecule has 0 aliphatic rings. The van der Waals surface area contributed by atoms with E-state index >= 15 is 0 Å². The van der Waals surface area contributed by atoms with E-state index in [1.165, 1.54) is 4.57 Å². The number of hydrogen-bond acceptors (Lipinski definition) is 4. The number of imidazole rings is 1. The van der Waals surface area contributed by atoms with E-state index in [0.717, 1.165) is 34.1 Å². The Morgan fingerprint density at radius 3 is 2.22 bits per heavy atom. The number of nitrogens with zero attached hydrogens (tertiary/aromatic N) is 2. The summed E-state index contributed by atoms with van der Waals surface area (Å²) in [6, 6.07) is 23.2. The zero-order valence-corrected chi connectivity index (χ0v) is 20.6. The lowest BCUT2D eigenvalue weighted by atomic mass is 9.99. The number of unbranched alkanes of at least 4 members (excludes halogenated alkanes) is 1. The molecule has 0 atom stereocenters. The third kappa shape index (κ3) is 5.51. The van der Waals surface area contributed by atoms with Crippen molar-refractivity contribution < 1.29 is 19.5 Å². The van der Waals surface area contributed by atoms with E-state index in [2.05, 4.69) is 0 Å². The zero-order chi connectivity index (χ0) is 26.4. The average molecular weight is 497 g/mol. The van der Waals surface area contributed by atoms with Crippen molar-refractivity contribution >= 4 is 18.2 Å². The summed E-state index contributed by atoms with van der Waals surface area (Å²) >= 11 is 0. The molecule has 0 unspecified atom stereocenters. The van der Waals surface area contributed by atoms with Crippen LogP contribution >= 0.6 is 0 Å². The number of carboxylic acid groups (broad SMARTS) is 1. The highest BCUT2D eigenvalue weighted by atomic mass is 16.4. The molecular formula is C30H28N2O5. The van der Waals surface area contributed by atoms with E-state index in [9.17, 15) is 24.3 Å². The Morgan fingerprint density at radius 1 is 0.892 bits per heavy atom. The van der Waals surface area contributed by atoms with Crippen LogP contribution < -0.4 is 5.69 Å². The average Bonchev–Trinajstić information content (AvgIpc) is 3.18. The van der Waals surface area contributed by atoms with Gasteiger partial charge in [-0.05, 0) is 41.2 Å². The fourth-order valence-electron chi connectivity index (χ4n) is 4.48. The van der Waals surface area contributed by atoms with Crippen LogP contribution in [0.25, 0.3) is 11.1 Å². The third-order valence-corrected chi connectivity index (χ3v) is 6.37. The minimum atomic E-state index is -1.00. The molecule has 0 aliphatic heterocycles. The summed E-state index contributed by atoms with van der Waals surface area (Å²) in [7, 11) is 0. The first kappa shape index (κ1) is 25.6. The van der Waals surface area contributed by atoms with E-state index in [-0.39, 0.29) is 24.2 Å². The molecule has 188 valence electrons. The monoisotopic (exact) mass is 496 g/mol. The molecule has 3 aromatic carbocycles. The van der Waals surface area contributed by atoms with Crippen molar-refractivity contribution in [2.45, 2.75) is 39.2 Å². The van der Waals surface area contributed by atoms with E-state index in [1.54, 1.807) is 24.3 Å². The molecule has 4 rings (SSSR count). The molecule has 4 aromatic rings. The number of carbonyl (C=O) groups is 3. The smallest absolute Gasteiger partial charge is 0.336 e. The predicted molar refractivity (Wildman–Crippen MR) is 141 cm³/mol. The van der Waals surface area contributed by atoms with Crippen molar-refractivity contribution in [1.82, 2.24) is 9.13 Å². The van der Waals surface area contributed by atoms with Gasteiger partial charge >= 0.3 is 11.7 Å². The maximum atomic E-state index is 13.5. The molecule has 7 nitrogen and oxygen atoms in total. The summed E-state index contributed by atoms with van der Waals surface area (Å²) in [5, 5.41) is 9.50. The lowest BCUT2D eigenvalue weighted by Crippen LogP contribution is -2.31. The van der Waals surface area contributed by atoms with E-state index in [0.29, 0.717) is 24.0 Å². The van der Waals surface area contributed by atoms with Gasteiger partial charge in [0.2, 0.25) is 5.91 Å². The number of aromatic nitrogens is 2. The first-order chi connectivity index (χ1) is 17.9. The van der Waals surface area contributed by atoms with Crippen molar-refractivity contribution in [3.63, 3.8) is 0 Å². The number of rotatable bonds is 10. The van der Waals surface area contributed by atoms with Crippen LogP contribution in [-0.2, 0) is 19.4 Å². The van der Waals surface area contributed by atoms with Gasteiger partial charge in [-0.2, -0.15) is 0 Å². The lowest BCUT2D eigenvalue weighted by Gasteiger charge is -2.10. The first-order valence-electron chi connectivity index (χ1n) is 12.2. The highest BCUT2D eigenvalue weighted by Crippen LogP contribution is 2.24. The van der Waals surface area contributed by atoms with Gasteiger partial charge in [-0.1, -0.05) is 86.1 Å². The number of aldehydes is 1. The molecule has 7 heteroatoms. The number of hydrogen-bond donors (Lipinski definition) is 1. The number of carboxylic acids is 1. The first-order valence-corrected chi connectivity index (χ1v) is 12.2. The Hall–Kier alpha value is -4.52. The number of benzene rings is 3. The van der Waals surface area contributed by atoms with Crippen LogP contribution in [0.2, 0.25) is 0 Å². The molecule has 1 heterocycles. The van der Waals surface area contributed by atoms with Gasteiger partial charge in [-0.3, -0.25) is 14.2 Å². The van der Waals surface area contributed by atoms with Gasteiger partial charge in [0, 0.05) is 0 Å². The second-order valence-electron chi connectivity index (χ2n) is 8.86. The summed E-state index contributed by atoms with van der Waals surface area (Å²) in [6.45, 7) is 2.21. The number of carbonyl (C=O) groups excluding carboxylic acids is 2. The largest absolute Gasteiger partial charge is 0.478 e. The molecule has 1 aromatic heterocycles. The van der Waals surface area contributed by atoms with Gasteiger partial charge in [-0.15, -0.1) is 0 Å². The van der Waals surface area contributed by atoms with Gasteiger partial charge in [-0.25, -0.2) is 14.2 Å². The standard InChI is InChI=1S/C30H28N2O5/c1-2-3-13-26-27(20-33)32(28(34)18-21-9-5-4-6-10-21)30(37)31(26)19-22-14-16-23(17-15-22)24-11-7-8-12-25(24)29(35)36/h4-12,14-17,20H,2-3,13,18-19H2,1H3,(H,35,36). The summed E-state index contributed by atoms with van der Waals surface area (Å²) in [5.41, 5.74) is 3.22. The van der Waals surface area contributed by atoms with E-state index < -0.39 is 17.6 Å². The van der Waals surface area contributed by atoms with Crippen LogP contribution in [0.3, 0.4) is 0 Å². The molecule has 37 heavy (non-hydrogen) atoms. The SMILES string of the molecule is CCCCc1c(C=O)n(C(=O)Cc2ccccc2)c(=O)n1Cc1ccc(-c2ccccc2C(=O)O)cc1. The van der Waals surface area contributed by atoms with Crippen molar-refractivity contribution in [2.24, 2.45) is 0 Å². The Morgan fingerprint density at radius 2 is 1.57 bits per heavy atom. The maximum Gasteiger partial charge on any atom is 0.336 e. The minimum Gasteiger partial charge on any atom is -0.478 e. The van der Waals surface area contributed by atoms with Crippen LogP contribution in [-0.4, -0.2) is 32.4 Å². The molecule has 0 saturated heterocycles. The van der Waals surface area contributed by atoms with Crippen molar-refractivity contribution in [2.75, 3.05) is 0 Å². The molecule has 0 bridgehead atoms. The van der Waals surface area contributed by atoms with Crippen LogP contribution in [0.1, 0.15) is 62.2 Å². The molecule has 0 spiro atoms. The molecule has 0 radical (unpaired) electrons. The topological polar surface area (TPSA) is 98.4 Å². The Labute approximate surface area is 214 Å². The number of aromatic carboxylic acids is 1. The molecular weight excluding hydrogens is 468 g/mol. The summed E-state index contributed by atoms with van der Waals surface area (Å²) in [5.74, 6) is -1.45. The predicted octanol–water partition coefficient (Wildman–Crippen LogP) is 5.10. The Bertz CT molecular complexity index is 1480. The van der Waals surface area contributed by atoms with Crippen LogP contribution in [0.15, 0.2) is 83.7 Å². The molecule has 0 fully saturated rings. The van der Waals surface area contributed by atoms with Gasteiger partial charge in [0.05, 0.1) is 24.2 Å². The van der Waals surface area contributed by atoms with Gasteiger partial charge in [0.15, 0.2) is 6.29 Å². The maximum absolute atomic E-state index is 13.5. The van der Waals surface area contributed by atoms with Crippen LogP contribution in [0.4, 0.5) is 0 Å². The highest BCUT2D eigenvalue weighted by Gasteiger charge is 2.24. The fraction of sp³-hybridized carbons (Fsp3) is 0.200. The minimum absolute atomic E-state index is 0.0104. The third-order valence-electron chi connectivity index (χ3n) is 6.37. The summed E-state index contributed by atoms with van der Waals surface area (Å²) in [6.07, 6.45) is 2.74. The normalized spacial score (nSPS) is 10.8. The van der Waals surface area contributed by atoms with E-state index in [1.807, 2.05) is 61.5 Å². The van der Waals surface area contributed by atoms with Crippen molar-refractivity contribution in [1.29, 1.82) is 0 Å². The van der Waals surface area contributed by atoms with Crippen molar-refractivity contribution in [3.05, 3.63) is 117 Å². The molecule has 0 amide bonds. The lowest BCUT2D eigenvalue weighted by molar-refractivity contribution is 0.0697. The van der Waals surface area contributed by atoms with Gasteiger partial charge < -0.3 is 5.11 Å². The fourth-order valence-corrected chi connectivity index (χ4v) is 4.48. The van der Waals surface area contributed by atoms with E-state index in [4.69, 9.17) is 0 Å². The highest BCUT2D eigenvalue weighted by molar-refractivity contribution is 5.96. The zero-order valence-electron chi connectivity index (χ0n) is 20.6. The molecule has 0 aliphatic carbocycles. The van der Waals surface area contributed by atoms with Crippen LogP contribution in [0.5, 0.6) is 0 Å². The Balaban J connectivity index is 1.70. The van der Waals surface area contributed by atoms with Crippen molar-refractivity contribution in [3.8, 4) is 11.1 Å². The summed E-state index contributed by atoms with van der Waals surface area (Å²) < 4.78 is 2.50. The van der Waals surface area contributed by atoms with Gasteiger partial charge in [0.1, 0.15) is 5.69 Å². The Kier molecular flexibility index (Phi) is 7.93. The quantitative estimate of drug-likeness (QED) is 0.308. The van der Waals surface area contributed by atoms with Gasteiger partial charge in [0.25, 0.3) is 0 Å². The molecule has 1 N–H and O–H groups in total. The second-order valence-corrected chi connectivity index (χ2v) is 8.86. The molecule has 0 saturated carbocycles. The van der Waals surface area contributed by atoms with Crippen LogP contribution in [0, 0.1) is 0 Å². The second kappa shape index (κ2) is 11.5.